The summed E-state index contributed by atoms with van der Waals surface area (Å²) in [6.07, 6.45) is 1.26. The molecule has 7 nitrogen and oxygen atoms in total. The van der Waals surface area contributed by atoms with Gasteiger partial charge in [0.25, 0.3) is 0 Å². The molecule has 1 amide bonds. The van der Waals surface area contributed by atoms with E-state index < -0.39 is 11.7 Å². The van der Waals surface area contributed by atoms with E-state index in [9.17, 15) is 4.79 Å². The predicted octanol–water partition coefficient (Wildman–Crippen LogP) is 2.09. The number of nitrogens with one attached hydrogen (secondary N) is 2. The van der Waals surface area contributed by atoms with E-state index in [2.05, 4.69) is 15.6 Å². The largest absolute Gasteiger partial charge is 0.479 e. The van der Waals surface area contributed by atoms with Crippen LogP contribution in [0.5, 0.6) is 5.88 Å². The molecule has 7 heteroatoms. The van der Waals surface area contributed by atoms with Crippen LogP contribution in [0.25, 0.3) is 0 Å². The minimum absolute atomic E-state index is 0.430. The zero-order chi connectivity index (χ0) is 16.8. The first kappa shape index (κ1) is 17.9. The van der Waals surface area contributed by atoms with Gasteiger partial charge in [-0.05, 0) is 26.8 Å². The first-order chi connectivity index (χ1) is 10.2. The molecular formula is C15H26N4O3. The zero-order valence-corrected chi connectivity index (χ0v) is 14.2. The van der Waals surface area contributed by atoms with Crippen LogP contribution in [0.4, 0.5) is 16.2 Å². The third kappa shape index (κ3) is 5.67. The molecule has 0 radical (unpaired) electrons. The molecule has 0 atom stereocenters. The van der Waals surface area contributed by atoms with Gasteiger partial charge in [-0.1, -0.05) is 0 Å². The molecule has 0 bridgehead atoms. The van der Waals surface area contributed by atoms with Crippen LogP contribution in [-0.4, -0.2) is 51.0 Å². The Kier molecular flexibility index (Phi) is 6.27. The Morgan fingerprint density at radius 2 is 2.00 bits per heavy atom. The maximum Gasteiger partial charge on any atom is 0.407 e. The SMILES string of the molecule is COc1nccc(N(C)C)c1NCCNC(=O)OC(C)(C)C. The van der Waals surface area contributed by atoms with Crippen LogP contribution in [0.3, 0.4) is 0 Å². The molecule has 1 aromatic heterocycles. The lowest BCUT2D eigenvalue weighted by molar-refractivity contribution is 0.0530. The number of nitrogens with zero attached hydrogens (tertiary/aromatic N) is 2. The van der Waals surface area contributed by atoms with E-state index in [1.165, 1.54) is 0 Å². The van der Waals surface area contributed by atoms with Crippen LogP contribution in [0.1, 0.15) is 20.8 Å². The molecule has 0 saturated heterocycles. The first-order valence-electron chi connectivity index (χ1n) is 7.15. The van der Waals surface area contributed by atoms with Crippen molar-refractivity contribution in [1.82, 2.24) is 10.3 Å². The minimum atomic E-state index is -0.498. The smallest absolute Gasteiger partial charge is 0.407 e. The molecule has 124 valence electrons. The van der Waals surface area contributed by atoms with Gasteiger partial charge in [0.1, 0.15) is 11.3 Å². The van der Waals surface area contributed by atoms with Gasteiger partial charge in [0.2, 0.25) is 5.88 Å². The first-order valence-corrected chi connectivity index (χ1v) is 7.15. The second kappa shape index (κ2) is 7.72. The van der Waals surface area contributed by atoms with Gasteiger partial charge >= 0.3 is 6.09 Å². The molecule has 0 aromatic carbocycles. The van der Waals surface area contributed by atoms with E-state index in [1.807, 2.05) is 45.8 Å². The Balaban J connectivity index is 2.56. The number of carbonyl (C=O) groups excluding carboxylic acids is 1. The number of hydrogen-bond acceptors (Lipinski definition) is 6. The lowest BCUT2D eigenvalue weighted by Gasteiger charge is -2.21. The molecule has 1 heterocycles. The highest BCUT2D eigenvalue weighted by Crippen LogP contribution is 2.31. The topological polar surface area (TPSA) is 75.7 Å². The molecular weight excluding hydrogens is 284 g/mol. The molecule has 0 aliphatic rings. The van der Waals surface area contributed by atoms with E-state index >= 15 is 0 Å². The maximum absolute atomic E-state index is 11.6. The van der Waals surface area contributed by atoms with Crippen LogP contribution >= 0.6 is 0 Å². The Hall–Kier alpha value is -2.18. The summed E-state index contributed by atoms with van der Waals surface area (Å²) in [4.78, 5) is 17.7. The summed E-state index contributed by atoms with van der Waals surface area (Å²) in [7, 11) is 5.46. The molecule has 0 spiro atoms. The van der Waals surface area contributed by atoms with Gasteiger partial charge in [0.05, 0.1) is 12.8 Å². The molecule has 0 aliphatic heterocycles. The Bertz CT molecular complexity index is 498. The third-order valence-electron chi connectivity index (χ3n) is 2.66. The number of hydrogen-bond donors (Lipinski definition) is 2. The summed E-state index contributed by atoms with van der Waals surface area (Å²) in [5, 5.41) is 5.93. The number of methoxy groups -OCH3 is 1. The number of amides is 1. The second-order valence-electron chi connectivity index (χ2n) is 5.96. The lowest BCUT2D eigenvalue weighted by Crippen LogP contribution is -2.35. The van der Waals surface area contributed by atoms with Crippen molar-refractivity contribution in [3.8, 4) is 5.88 Å². The van der Waals surface area contributed by atoms with E-state index in [4.69, 9.17) is 9.47 Å². The van der Waals surface area contributed by atoms with Crippen LogP contribution in [-0.2, 0) is 4.74 Å². The van der Waals surface area contributed by atoms with Crippen molar-refractivity contribution < 1.29 is 14.3 Å². The fraction of sp³-hybridized carbons (Fsp3) is 0.600. The Morgan fingerprint density at radius 1 is 1.32 bits per heavy atom. The molecule has 1 rings (SSSR count). The zero-order valence-electron chi connectivity index (χ0n) is 14.2. The third-order valence-corrected chi connectivity index (χ3v) is 2.66. The van der Waals surface area contributed by atoms with E-state index in [-0.39, 0.29) is 0 Å². The fourth-order valence-corrected chi connectivity index (χ4v) is 1.79. The van der Waals surface area contributed by atoms with Crippen molar-refractivity contribution >= 4 is 17.5 Å². The van der Waals surface area contributed by atoms with Gasteiger partial charge in [0, 0.05) is 33.4 Å². The fourth-order valence-electron chi connectivity index (χ4n) is 1.79. The average Bonchev–Trinajstić information content (AvgIpc) is 2.41. The molecule has 2 N–H and O–H groups in total. The van der Waals surface area contributed by atoms with Crippen molar-refractivity contribution in [1.29, 1.82) is 0 Å². The van der Waals surface area contributed by atoms with E-state index in [0.29, 0.717) is 19.0 Å². The summed E-state index contributed by atoms with van der Waals surface area (Å²) < 4.78 is 10.4. The second-order valence-corrected chi connectivity index (χ2v) is 5.96. The highest BCUT2D eigenvalue weighted by Gasteiger charge is 2.16. The van der Waals surface area contributed by atoms with Crippen molar-refractivity contribution in [3.63, 3.8) is 0 Å². The Morgan fingerprint density at radius 3 is 2.55 bits per heavy atom. The van der Waals surface area contributed by atoms with E-state index in [0.717, 1.165) is 11.4 Å². The molecule has 0 saturated carbocycles. The predicted molar refractivity (Wildman–Crippen MR) is 87.8 cm³/mol. The average molecular weight is 310 g/mol. The van der Waals surface area contributed by atoms with Crippen molar-refractivity contribution in [2.24, 2.45) is 0 Å². The number of aromatic nitrogens is 1. The maximum atomic E-state index is 11.6. The van der Waals surface area contributed by atoms with Gasteiger partial charge < -0.3 is 25.0 Å². The Labute approximate surface area is 132 Å². The number of alkyl carbamates (subject to hydrolysis) is 1. The molecule has 22 heavy (non-hydrogen) atoms. The van der Waals surface area contributed by atoms with Crippen LogP contribution in [0.15, 0.2) is 12.3 Å². The summed E-state index contributed by atoms with van der Waals surface area (Å²) in [6, 6.07) is 1.89. The molecule has 1 aromatic rings. The minimum Gasteiger partial charge on any atom is -0.479 e. The van der Waals surface area contributed by atoms with Crippen molar-refractivity contribution in [2.75, 3.05) is 44.5 Å². The van der Waals surface area contributed by atoms with Crippen LogP contribution in [0.2, 0.25) is 0 Å². The van der Waals surface area contributed by atoms with Gasteiger partial charge in [-0.25, -0.2) is 9.78 Å². The van der Waals surface area contributed by atoms with Gasteiger partial charge in [0.15, 0.2) is 0 Å². The summed E-state index contributed by atoms with van der Waals surface area (Å²) in [5.41, 5.74) is 1.26. The van der Waals surface area contributed by atoms with Crippen molar-refractivity contribution in [2.45, 2.75) is 26.4 Å². The number of carbonyl (C=O) groups is 1. The molecule has 0 fully saturated rings. The van der Waals surface area contributed by atoms with Crippen LogP contribution in [0, 0.1) is 0 Å². The summed E-state index contributed by atoms with van der Waals surface area (Å²) >= 11 is 0. The van der Waals surface area contributed by atoms with Crippen molar-refractivity contribution in [3.05, 3.63) is 12.3 Å². The number of ether oxygens (including phenoxy) is 2. The lowest BCUT2D eigenvalue weighted by atomic mass is 10.2. The number of anilines is 2. The van der Waals surface area contributed by atoms with Gasteiger partial charge in [-0.15, -0.1) is 0 Å². The highest BCUT2D eigenvalue weighted by molar-refractivity contribution is 5.74. The van der Waals surface area contributed by atoms with Gasteiger partial charge in [-0.2, -0.15) is 0 Å². The summed E-state index contributed by atoms with van der Waals surface area (Å²) in [6.45, 7) is 6.44. The number of pyridine rings is 1. The molecule has 0 aliphatic carbocycles. The standard InChI is InChI=1S/C15H26N4O3/c1-15(2,3)22-14(20)18-10-9-16-12-11(19(4)5)7-8-17-13(12)21-6/h7-8,16H,9-10H2,1-6H3,(H,18,20). The van der Waals surface area contributed by atoms with E-state index in [1.54, 1.807) is 13.3 Å². The normalized spacial score (nSPS) is 10.8. The number of rotatable bonds is 6. The summed E-state index contributed by atoms with van der Waals surface area (Å²) in [5.74, 6) is 0.517. The highest BCUT2D eigenvalue weighted by atomic mass is 16.6. The monoisotopic (exact) mass is 310 g/mol. The molecule has 0 unspecified atom stereocenters. The van der Waals surface area contributed by atoms with Crippen LogP contribution < -0.4 is 20.3 Å². The quantitative estimate of drug-likeness (QED) is 0.784. The van der Waals surface area contributed by atoms with Gasteiger partial charge in [-0.3, -0.25) is 0 Å².